The summed E-state index contributed by atoms with van der Waals surface area (Å²) in [6, 6.07) is 0. The van der Waals surface area contributed by atoms with Gasteiger partial charge in [0.25, 0.3) is 0 Å². The predicted octanol–water partition coefficient (Wildman–Crippen LogP) is 1.45. The van der Waals surface area contributed by atoms with Gasteiger partial charge in [-0.1, -0.05) is 0 Å². The highest BCUT2D eigenvalue weighted by Gasteiger charge is 1.96. The van der Waals surface area contributed by atoms with Gasteiger partial charge in [-0.2, -0.15) is 4.98 Å². The van der Waals surface area contributed by atoms with Crippen molar-refractivity contribution in [3.63, 3.8) is 0 Å². The van der Waals surface area contributed by atoms with Crippen molar-refractivity contribution >= 4 is 15.9 Å². The maximum Gasteiger partial charge on any atom is 0.394 e. The minimum atomic E-state index is -2.60. The molecular formula is C4H4BrNO2. The van der Waals surface area contributed by atoms with Crippen LogP contribution in [-0.2, 0) is 0 Å². The summed E-state index contributed by atoms with van der Waals surface area (Å²) in [5.74, 6) is 0. The lowest BCUT2D eigenvalue weighted by Gasteiger charge is -1.84. The molecule has 4 heteroatoms. The fraction of sp³-hybridized carbons (Fsp3) is 0.250. The average molecular weight is 182 g/mol. The summed E-state index contributed by atoms with van der Waals surface area (Å²) in [6.07, 6.45) is -0.638. The quantitative estimate of drug-likeness (QED) is 0.659. The highest BCUT2D eigenvalue weighted by atomic mass is 79.9. The molecule has 0 spiro atoms. The third kappa shape index (κ3) is 1.01. The van der Waals surface area contributed by atoms with Crippen LogP contribution in [0.25, 0.3) is 0 Å². The summed E-state index contributed by atoms with van der Waals surface area (Å²) in [4.78, 5) is 3.37. The van der Waals surface area contributed by atoms with Gasteiger partial charge in [0, 0.05) is 0 Å². The zero-order chi connectivity index (χ0) is 9.35. The van der Waals surface area contributed by atoms with Gasteiger partial charge in [-0.3, -0.25) is 0 Å². The minimum absolute atomic E-state index is 0.0433. The van der Waals surface area contributed by atoms with Gasteiger partial charge in [0.15, 0.2) is 4.67 Å². The van der Waals surface area contributed by atoms with Crippen molar-refractivity contribution in [1.29, 1.82) is 0 Å². The summed E-state index contributed by atoms with van der Waals surface area (Å²) in [6.45, 7) is 0. The summed E-state index contributed by atoms with van der Waals surface area (Å²) in [5.41, 5.74) is 0. The Kier molecular flexibility index (Phi) is 0.649. The van der Waals surface area contributed by atoms with Crippen LogP contribution < -0.4 is 4.74 Å². The largest absolute Gasteiger partial charge is 0.453 e. The molecule has 0 aromatic carbocycles. The number of hydrogen-bond donors (Lipinski definition) is 0. The lowest BCUT2D eigenvalue weighted by atomic mass is 11.0. The van der Waals surface area contributed by atoms with E-state index in [1.54, 1.807) is 0 Å². The fourth-order valence-corrected chi connectivity index (χ4v) is 0.483. The topological polar surface area (TPSA) is 35.3 Å². The Balaban J connectivity index is 2.77. The molecule has 0 radical (unpaired) electrons. The Labute approximate surface area is 60.4 Å². The first-order valence-electron chi connectivity index (χ1n) is 3.70. The zero-order valence-corrected chi connectivity index (χ0v) is 5.23. The molecule has 0 aliphatic carbocycles. The second-order valence-corrected chi connectivity index (χ2v) is 1.69. The molecule has 1 aromatic heterocycles. The molecule has 1 rings (SSSR count). The summed E-state index contributed by atoms with van der Waals surface area (Å²) in [5, 5.41) is 0. The molecule has 0 aliphatic rings. The molecule has 0 fully saturated rings. The van der Waals surface area contributed by atoms with E-state index in [4.69, 9.17) is 5.48 Å². The van der Waals surface area contributed by atoms with E-state index in [9.17, 15) is 0 Å². The van der Waals surface area contributed by atoms with Crippen molar-refractivity contribution in [3.8, 4) is 6.08 Å². The van der Waals surface area contributed by atoms with Crippen LogP contribution in [0.1, 0.15) is 5.48 Å². The van der Waals surface area contributed by atoms with E-state index in [0.717, 1.165) is 0 Å². The molecule has 0 amide bonds. The Bertz CT molecular complexity index is 264. The van der Waals surface area contributed by atoms with Crippen molar-refractivity contribution < 1.29 is 14.6 Å². The van der Waals surface area contributed by atoms with Gasteiger partial charge in [0.2, 0.25) is 0 Å². The van der Waals surface area contributed by atoms with Gasteiger partial charge in [0.1, 0.15) is 0 Å². The molecule has 0 N–H and O–H groups in total. The Morgan fingerprint density at radius 3 is 3.62 bits per heavy atom. The molecule has 0 atom stereocenters. The first-order valence-corrected chi connectivity index (χ1v) is 2.50. The number of methoxy groups -OCH3 is 1. The molecule has 1 heterocycles. The molecule has 0 saturated carbocycles. The number of oxazole rings is 1. The van der Waals surface area contributed by atoms with Crippen LogP contribution in [-0.4, -0.2) is 12.0 Å². The maximum atomic E-state index is 7.03. The van der Waals surface area contributed by atoms with Crippen molar-refractivity contribution in [2.24, 2.45) is 0 Å². The van der Waals surface area contributed by atoms with Gasteiger partial charge in [-0.05, 0) is 15.9 Å². The highest BCUT2D eigenvalue weighted by molar-refractivity contribution is 9.10. The molecule has 0 saturated heterocycles. The van der Waals surface area contributed by atoms with Crippen LogP contribution >= 0.6 is 15.9 Å². The van der Waals surface area contributed by atoms with Crippen molar-refractivity contribution in [1.82, 2.24) is 4.98 Å². The van der Waals surface area contributed by atoms with E-state index in [1.165, 1.54) is 0 Å². The molecule has 0 unspecified atom stereocenters. The number of aromatic nitrogens is 1. The van der Waals surface area contributed by atoms with Crippen LogP contribution in [0.5, 0.6) is 6.08 Å². The molecule has 0 bridgehead atoms. The molecule has 0 aliphatic heterocycles. The average Bonchev–Trinajstić information content (AvgIpc) is 2.07. The maximum absolute atomic E-state index is 7.03. The highest BCUT2D eigenvalue weighted by Crippen LogP contribution is 2.15. The Morgan fingerprint density at radius 1 is 2.25 bits per heavy atom. The van der Waals surface area contributed by atoms with Gasteiger partial charge >= 0.3 is 6.08 Å². The lowest BCUT2D eigenvalue weighted by Crippen LogP contribution is -1.78. The number of hydrogen-bond acceptors (Lipinski definition) is 3. The minimum Gasteiger partial charge on any atom is -0.453 e. The van der Waals surface area contributed by atoms with Crippen LogP contribution in [0.4, 0.5) is 0 Å². The molecule has 1 aromatic rings. The predicted molar refractivity (Wildman–Crippen MR) is 30.8 cm³/mol. The summed E-state index contributed by atoms with van der Waals surface area (Å²) < 4.78 is 36.0. The normalized spacial score (nSPS) is 18.1. The number of rotatable bonds is 1. The smallest absolute Gasteiger partial charge is 0.394 e. The monoisotopic (exact) mass is 181 g/mol. The summed E-state index contributed by atoms with van der Waals surface area (Å²) >= 11 is 2.84. The van der Waals surface area contributed by atoms with Crippen molar-refractivity contribution in [2.45, 2.75) is 0 Å². The van der Waals surface area contributed by atoms with Crippen LogP contribution in [0.2, 0.25) is 0 Å². The molecular weight excluding hydrogens is 174 g/mol. The molecule has 44 valence electrons. The number of nitrogens with zero attached hydrogens (tertiary/aromatic N) is 1. The fourth-order valence-electron chi connectivity index (χ4n) is 0.256. The van der Waals surface area contributed by atoms with Gasteiger partial charge < -0.3 is 9.15 Å². The SMILES string of the molecule is [2H]c1nc(OC([2H])([2H])[2H])oc1Br. The van der Waals surface area contributed by atoms with E-state index >= 15 is 0 Å². The van der Waals surface area contributed by atoms with Gasteiger partial charge in [-0.25, -0.2) is 0 Å². The second kappa shape index (κ2) is 2.17. The van der Waals surface area contributed by atoms with E-state index in [1.807, 2.05) is 0 Å². The molecule has 3 nitrogen and oxygen atoms in total. The van der Waals surface area contributed by atoms with Crippen molar-refractivity contribution in [2.75, 3.05) is 7.04 Å². The third-order valence-electron chi connectivity index (χ3n) is 0.499. The van der Waals surface area contributed by atoms with Crippen LogP contribution in [0, 0.1) is 0 Å². The van der Waals surface area contributed by atoms with Crippen molar-refractivity contribution in [3.05, 3.63) is 10.8 Å². The Hall–Kier alpha value is -0.510. The Morgan fingerprint density at radius 2 is 3.12 bits per heavy atom. The van der Waals surface area contributed by atoms with E-state index in [2.05, 4.69) is 30.1 Å². The zero-order valence-electron chi connectivity index (χ0n) is 7.64. The third-order valence-corrected chi connectivity index (χ3v) is 0.839. The summed E-state index contributed by atoms with van der Waals surface area (Å²) in [7, 11) is -2.60. The second-order valence-electron chi connectivity index (χ2n) is 0.967. The lowest BCUT2D eigenvalue weighted by molar-refractivity contribution is 0.284. The first-order chi connectivity index (χ1) is 5.38. The number of ether oxygens (including phenoxy) is 1. The molecule has 8 heavy (non-hydrogen) atoms. The van der Waals surface area contributed by atoms with E-state index in [0.29, 0.717) is 0 Å². The van der Waals surface area contributed by atoms with E-state index in [-0.39, 0.29) is 10.8 Å². The standard InChI is InChI=1S/C4H4BrNO2/c1-7-4-6-2-3(5)8-4/h2H,1H3/i1D3,2D. The van der Waals surface area contributed by atoms with Gasteiger partial charge in [-0.15, -0.1) is 0 Å². The van der Waals surface area contributed by atoms with E-state index < -0.39 is 13.1 Å². The number of halogens is 1. The van der Waals surface area contributed by atoms with Crippen LogP contribution in [0.3, 0.4) is 0 Å². The van der Waals surface area contributed by atoms with Gasteiger partial charge in [0.05, 0.1) is 18.7 Å². The van der Waals surface area contributed by atoms with Crippen LogP contribution in [0.15, 0.2) is 15.3 Å². The first kappa shape index (κ1) is 2.39.